The van der Waals surface area contributed by atoms with Crippen LogP contribution in [0.25, 0.3) is 16.9 Å². The Kier molecular flexibility index (Phi) is 5.43. The molecule has 0 unspecified atom stereocenters. The molecular weight excluding hydrogens is 440 g/mol. The van der Waals surface area contributed by atoms with Gasteiger partial charge in [0.15, 0.2) is 5.65 Å². The second-order valence-corrected chi connectivity index (χ2v) is 8.45. The summed E-state index contributed by atoms with van der Waals surface area (Å²) in [6, 6.07) is 18.6. The van der Waals surface area contributed by atoms with E-state index in [9.17, 15) is 9.59 Å². The first-order valence-electron chi connectivity index (χ1n) is 10.6. The van der Waals surface area contributed by atoms with Gasteiger partial charge in [-0.05, 0) is 60.9 Å². The monoisotopic (exact) mass is 460 g/mol. The number of hydrogen-bond donors (Lipinski definition) is 3. The second-order valence-electron chi connectivity index (χ2n) is 8.01. The minimum Gasteiger partial charge on any atom is -0.369 e. The van der Waals surface area contributed by atoms with Crippen molar-refractivity contribution in [2.75, 3.05) is 5.32 Å². The van der Waals surface area contributed by atoms with Crippen molar-refractivity contribution in [1.82, 2.24) is 19.9 Å². The van der Waals surface area contributed by atoms with E-state index in [0.29, 0.717) is 33.4 Å². The Morgan fingerprint density at radius 2 is 1.91 bits per heavy atom. The Balaban J connectivity index is 1.46. The fourth-order valence-corrected chi connectivity index (χ4v) is 3.86. The average molecular weight is 461 g/mol. The molecular formula is C24H21ClN6O2. The molecule has 1 fully saturated rings. The maximum atomic E-state index is 12.6. The van der Waals surface area contributed by atoms with E-state index in [1.54, 1.807) is 22.7 Å². The molecule has 33 heavy (non-hydrogen) atoms. The number of carbonyl (C=O) groups is 2. The quantitative estimate of drug-likeness (QED) is 0.389. The standard InChI is InChI=1S/C24H21ClN6O2/c25-16-4-1-3-14(11-16)20-5-2-6-22-29-24(30-31(20)22)28-18-9-10-19(15(12-18)13-21(26)32)23(33)27-17-7-8-17/h1-6,9-12,17H,7-8,13H2,(H2,26,32)(H,27,33)(H,28,30). The van der Waals surface area contributed by atoms with E-state index < -0.39 is 5.91 Å². The van der Waals surface area contributed by atoms with Gasteiger partial charge in [0.05, 0.1) is 12.1 Å². The number of halogens is 1. The van der Waals surface area contributed by atoms with E-state index in [1.165, 1.54) is 0 Å². The van der Waals surface area contributed by atoms with E-state index in [-0.39, 0.29) is 18.4 Å². The average Bonchev–Trinajstić information content (AvgIpc) is 3.49. The van der Waals surface area contributed by atoms with Crippen molar-refractivity contribution >= 4 is 40.7 Å². The van der Waals surface area contributed by atoms with Gasteiger partial charge >= 0.3 is 0 Å². The highest BCUT2D eigenvalue weighted by atomic mass is 35.5. The molecule has 1 saturated carbocycles. The lowest BCUT2D eigenvalue weighted by Crippen LogP contribution is -2.27. The number of hydrogen-bond acceptors (Lipinski definition) is 5. The highest BCUT2D eigenvalue weighted by Crippen LogP contribution is 2.26. The summed E-state index contributed by atoms with van der Waals surface area (Å²) in [6.45, 7) is 0. The van der Waals surface area contributed by atoms with Crippen molar-refractivity contribution in [3.05, 3.63) is 76.8 Å². The number of carbonyl (C=O) groups excluding carboxylic acids is 2. The largest absolute Gasteiger partial charge is 0.369 e. The van der Waals surface area contributed by atoms with Gasteiger partial charge in [-0.2, -0.15) is 4.98 Å². The molecule has 1 aliphatic carbocycles. The van der Waals surface area contributed by atoms with Gasteiger partial charge in [-0.15, -0.1) is 5.10 Å². The molecule has 0 saturated heterocycles. The van der Waals surface area contributed by atoms with Crippen LogP contribution in [0.15, 0.2) is 60.7 Å². The number of nitrogens with zero attached hydrogens (tertiary/aromatic N) is 3. The minimum absolute atomic E-state index is 0.0412. The minimum atomic E-state index is -0.510. The number of pyridine rings is 1. The van der Waals surface area contributed by atoms with Gasteiger partial charge in [0.1, 0.15) is 0 Å². The lowest BCUT2D eigenvalue weighted by molar-refractivity contribution is -0.117. The molecule has 0 atom stereocenters. The fourth-order valence-electron chi connectivity index (χ4n) is 3.67. The van der Waals surface area contributed by atoms with E-state index >= 15 is 0 Å². The van der Waals surface area contributed by atoms with Crippen LogP contribution >= 0.6 is 11.6 Å². The zero-order valence-electron chi connectivity index (χ0n) is 17.6. The molecule has 0 aliphatic heterocycles. The van der Waals surface area contributed by atoms with E-state index in [0.717, 1.165) is 24.1 Å². The summed E-state index contributed by atoms with van der Waals surface area (Å²) in [5, 5.41) is 11.3. The Hall–Kier alpha value is -3.91. The van der Waals surface area contributed by atoms with Crippen molar-refractivity contribution in [3.8, 4) is 11.3 Å². The highest BCUT2D eigenvalue weighted by Gasteiger charge is 2.25. The molecule has 0 spiro atoms. The van der Waals surface area contributed by atoms with Crippen LogP contribution in [0.5, 0.6) is 0 Å². The smallest absolute Gasteiger partial charge is 0.251 e. The molecule has 2 amide bonds. The summed E-state index contributed by atoms with van der Waals surface area (Å²) in [5.41, 5.74) is 9.48. The summed E-state index contributed by atoms with van der Waals surface area (Å²) in [6.07, 6.45) is 1.92. The number of fused-ring (bicyclic) bond motifs is 1. The van der Waals surface area contributed by atoms with Crippen LogP contribution in [0.3, 0.4) is 0 Å². The zero-order chi connectivity index (χ0) is 22.9. The SMILES string of the molecule is NC(=O)Cc1cc(Nc2nc3cccc(-c4cccc(Cl)c4)n3n2)ccc1C(=O)NC1CC1. The molecule has 2 aromatic carbocycles. The Bertz CT molecular complexity index is 1380. The van der Waals surface area contributed by atoms with Crippen LogP contribution < -0.4 is 16.4 Å². The first kappa shape index (κ1) is 21.0. The topological polar surface area (TPSA) is 114 Å². The number of nitrogens with one attached hydrogen (secondary N) is 2. The summed E-state index contributed by atoms with van der Waals surface area (Å²) in [4.78, 5) is 28.7. The first-order chi connectivity index (χ1) is 16.0. The molecule has 8 nitrogen and oxygen atoms in total. The van der Waals surface area contributed by atoms with Crippen molar-refractivity contribution in [2.45, 2.75) is 25.3 Å². The summed E-state index contributed by atoms with van der Waals surface area (Å²) >= 11 is 6.16. The molecule has 4 aromatic rings. The van der Waals surface area contributed by atoms with E-state index in [4.69, 9.17) is 17.3 Å². The van der Waals surface area contributed by atoms with Gasteiger partial charge in [0, 0.05) is 27.9 Å². The summed E-state index contributed by atoms with van der Waals surface area (Å²) in [7, 11) is 0. The van der Waals surface area contributed by atoms with Crippen molar-refractivity contribution < 1.29 is 9.59 Å². The van der Waals surface area contributed by atoms with Crippen LogP contribution in [0.2, 0.25) is 5.02 Å². The van der Waals surface area contributed by atoms with Crippen LogP contribution in [0.1, 0.15) is 28.8 Å². The van der Waals surface area contributed by atoms with Crippen molar-refractivity contribution in [1.29, 1.82) is 0 Å². The summed E-state index contributed by atoms with van der Waals surface area (Å²) in [5.74, 6) is -0.327. The second kappa shape index (κ2) is 8.55. The van der Waals surface area contributed by atoms with Crippen LogP contribution in [0, 0.1) is 0 Å². The number of rotatable bonds is 7. The molecule has 4 N–H and O–H groups in total. The third-order valence-electron chi connectivity index (χ3n) is 5.36. The van der Waals surface area contributed by atoms with Crippen LogP contribution in [0.4, 0.5) is 11.6 Å². The van der Waals surface area contributed by atoms with Gasteiger partial charge in [0.2, 0.25) is 11.9 Å². The maximum Gasteiger partial charge on any atom is 0.251 e. The molecule has 166 valence electrons. The predicted molar refractivity (Wildman–Crippen MR) is 127 cm³/mol. The van der Waals surface area contributed by atoms with Crippen LogP contribution in [-0.2, 0) is 11.2 Å². The third kappa shape index (κ3) is 4.65. The number of primary amides is 1. The van der Waals surface area contributed by atoms with E-state index in [2.05, 4.69) is 20.7 Å². The first-order valence-corrected chi connectivity index (χ1v) is 10.9. The maximum absolute atomic E-state index is 12.6. The Morgan fingerprint density at radius 1 is 1.09 bits per heavy atom. The molecule has 9 heteroatoms. The normalized spacial score (nSPS) is 13.1. The highest BCUT2D eigenvalue weighted by molar-refractivity contribution is 6.30. The van der Waals surface area contributed by atoms with E-state index in [1.807, 2.05) is 42.5 Å². The predicted octanol–water partition coefficient (Wildman–Crippen LogP) is 3.71. The number of aromatic nitrogens is 3. The molecule has 1 aliphatic rings. The lowest BCUT2D eigenvalue weighted by atomic mass is 10.0. The lowest BCUT2D eigenvalue weighted by Gasteiger charge is -2.11. The molecule has 0 radical (unpaired) electrons. The van der Waals surface area contributed by atoms with Crippen LogP contribution in [-0.4, -0.2) is 32.5 Å². The zero-order valence-corrected chi connectivity index (χ0v) is 18.3. The number of nitrogens with two attached hydrogens (primary N) is 1. The number of benzene rings is 2. The number of amides is 2. The van der Waals surface area contributed by atoms with Crippen molar-refractivity contribution in [2.24, 2.45) is 5.73 Å². The molecule has 0 bridgehead atoms. The summed E-state index contributed by atoms with van der Waals surface area (Å²) < 4.78 is 1.73. The molecule has 5 rings (SSSR count). The third-order valence-corrected chi connectivity index (χ3v) is 5.60. The molecule has 2 aromatic heterocycles. The van der Waals surface area contributed by atoms with Gasteiger partial charge in [-0.3, -0.25) is 9.59 Å². The van der Waals surface area contributed by atoms with Crippen molar-refractivity contribution in [3.63, 3.8) is 0 Å². The number of anilines is 2. The van der Waals surface area contributed by atoms with Gasteiger partial charge in [-0.1, -0.05) is 29.8 Å². The molecule has 2 heterocycles. The fraction of sp³-hybridized carbons (Fsp3) is 0.167. The Labute approximate surface area is 194 Å². The Morgan fingerprint density at radius 3 is 2.67 bits per heavy atom. The van der Waals surface area contributed by atoms with Gasteiger partial charge in [-0.25, -0.2) is 4.52 Å². The van der Waals surface area contributed by atoms with Gasteiger partial charge in [0.25, 0.3) is 5.91 Å². The van der Waals surface area contributed by atoms with Gasteiger partial charge < -0.3 is 16.4 Å².